The number of hydrogen-bond acceptors (Lipinski definition) is 9. The van der Waals surface area contributed by atoms with Crippen molar-refractivity contribution < 1.29 is 38.5 Å². The van der Waals surface area contributed by atoms with Crippen LogP contribution in [0.15, 0.2) is 48.8 Å². The Morgan fingerprint density at radius 1 is 0.806 bits per heavy atom. The number of piperidine rings is 2. The van der Waals surface area contributed by atoms with Gasteiger partial charge in [-0.3, -0.25) is 14.5 Å². The standard InChI is InChI=1S/C46H52N8O8/c1-52(46(58)59)40(27-11-15-62-16-12-27)44(56)54-36-20-32(36)22-38(54)42-48-24-34(50-42)30-7-6-28-17-25(3-5-29(28)18-30)4-8-33-23-47-41(49-33)37-21-31-19-35(31)53(37)43(55)39(51-45(57)60-2)26-9-13-61-14-10-26/h3,5-7,17-18,23-24,26-27,31-32,35-40H,9-16,19-22H2,1-2H3,(H,47,49)(H,48,50)(H,51,57)(H,58,59)/t31-,32-,35-,36-,37+,38+,39+,40+/m1/s1. The summed E-state index contributed by atoms with van der Waals surface area (Å²) in [6.07, 6.45) is 7.99. The number of fused-ring (bicyclic) bond motifs is 3. The third kappa shape index (κ3) is 7.66. The minimum atomic E-state index is -1.10. The number of aromatic nitrogens is 4. The van der Waals surface area contributed by atoms with Crippen LogP contribution in [0.1, 0.15) is 86.4 Å². The molecule has 6 fully saturated rings. The summed E-state index contributed by atoms with van der Waals surface area (Å²) < 4.78 is 16.0. The lowest BCUT2D eigenvalue weighted by Crippen LogP contribution is -2.54. The lowest BCUT2D eigenvalue weighted by molar-refractivity contribution is -0.141. The van der Waals surface area contributed by atoms with Crippen molar-refractivity contribution in [1.29, 1.82) is 0 Å². The second kappa shape index (κ2) is 16.4. The van der Waals surface area contributed by atoms with Crippen molar-refractivity contribution in [3.05, 3.63) is 71.7 Å². The Morgan fingerprint density at radius 3 is 2.10 bits per heavy atom. The predicted octanol–water partition coefficient (Wildman–Crippen LogP) is 5.23. The third-order valence-electron chi connectivity index (χ3n) is 14.2. The number of nitrogens with zero attached hydrogens (tertiary/aromatic N) is 5. The van der Waals surface area contributed by atoms with E-state index in [4.69, 9.17) is 19.2 Å². The average molecular weight is 845 g/mol. The first kappa shape index (κ1) is 40.2. The first-order chi connectivity index (χ1) is 30.1. The summed E-state index contributed by atoms with van der Waals surface area (Å²) in [4.78, 5) is 74.3. The van der Waals surface area contributed by atoms with Crippen LogP contribution in [0.2, 0.25) is 0 Å². The molecular formula is C46H52N8O8. The van der Waals surface area contributed by atoms with E-state index in [0.29, 0.717) is 75.5 Å². The molecule has 4 N–H and O–H groups in total. The zero-order valence-electron chi connectivity index (χ0n) is 34.9. The second-order valence-corrected chi connectivity index (χ2v) is 17.9. The van der Waals surface area contributed by atoms with Gasteiger partial charge >= 0.3 is 12.2 Å². The maximum atomic E-state index is 14.3. The highest BCUT2D eigenvalue weighted by Gasteiger charge is 2.58. The van der Waals surface area contributed by atoms with Crippen molar-refractivity contribution >= 4 is 34.8 Å². The normalized spacial score (nSPS) is 26.5. The average Bonchev–Trinajstić information content (AvgIpc) is 3.89. The largest absolute Gasteiger partial charge is 0.465 e. The monoisotopic (exact) mass is 844 g/mol. The molecule has 4 amide bonds. The molecule has 2 aromatic carbocycles. The van der Waals surface area contributed by atoms with Crippen molar-refractivity contribution in [1.82, 2.24) is 40.0 Å². The Bertz CT molecular complexity index is 2440. The van der Waals surface area contributed by atoms with E-state index in [2.05, 4.69) is 50.3 Å². The van der Waals surface area contributed by atoms with E-state index in [9.17, 15) is 24.3 Å². The van der Waals surface area contributed by atoms with E-state index in [1.807, 2.05) is 34.2 Å². The lowest BCUT2D eigenvalue weighted by Gasteiger charge is -2.38. The number of carbonyl (C=O) groups excluding carboxylic acids is 3. The van der Waals surface area contributed by atoms with Crippen LogP contribution in [0.4, 0.5) is 9.59 Å². The first-order valence-corrected chi connectivity index (χ1v) is 21.9. The van der Waals surface area contributed by atoms with Crippen molar-refractivity contribution in [3.63, 3.8) is 0 Å². The van der Waals surface area contributed by atoms with Gasteiger partial charge in [-0.05, 0) is 110 Å². The summed E-state index contributed by atoms with van der Waals surface area (Å²) in [5, 5.41) is 14.8. The number of alkyl carbamates (subject to hydrolysis) is 1. The molecule has 6 aliphatic rings. The number of benzene rings is 2. The van der Waals surface area contributed by atoms with E-state index in [-0.39, 0.29) is 47.8 Å². The molecule has 16 heteroatoms. The number of rotatable bonds is 9. The molecule has 6 heterocycles. The number of likely N-dealkylation sites (N-methyl/N-ethyl adjacent to an activating group) is 1. The smallest absolute Gasteiger partial charge is 0.407 e. The van der Waals surface area contributed by atoms with Gasteiger partial charge in [-0.25, -0.2) is 19.6 Å². The molecule has 2 aromatic heterocycles. The summed E-state index contributed by atoms with van der Waals surface area (Å²) in [5.74, 6) is 8.37. The second-order valence-electron chi connectivity index (χ2n) is 17.9. The summed E-state index contributed by atoms with van der Waals surface area (Å²) >= 11 is 0. The number of likely N-dealkylation sites (tertiary alicyclic amines) is 2. The molecule has 2 aliphatic carbocycles. The van der Waals surface area contributed by atoms with E-state index in [0.717, 1.165) is 59.1 Å². The summed E-state index contributed by atoms with van der Waals surface area (Å²) in [5.41, 5.74) is 3.30. The molecule has 4 aromatic rings. The summed E-state index contributed by atoms with van der Waals surface area (Å²) in [6, 6.07) is 10.6. The number of nitrogens with one attached hydrogen (secondary N) is 3. The fourth-order valence-electron chi connectivity index (χ4n) is 10.7. The molecule has 8 atom stereocenters. The molecule has 0 unspecified atom stereocenters. The van der Waals surface area contributed by atoms with Gasteiger partial charge in [-0.15, -0.1) is 0 Å². The van der Waals surface area contributed by atoms with Crippen molar-refractivity contribution in [2.24, 2.45) is 23.7 Å². The Hall–Kier alpha value is -5.92. The Labute approximate surface area is 359 Å². The van der Waals surface area contributed by atoms with Crippen LogP contribution in [0.25, 0.3) is 22.0 Å². The van der Waals surface area contributed by atoms with Gasteiger partial charge < -0.3 is 44.4 Å². The van der Waals surface area contributed by atoms with Crippen LogP contribution in [-0.4, -0.2) is 128 Å². The highest BCUT2D eigenvalue weighted by atomic mass is 16.5. The molecule has 10 rings (SSSR count). The van der Waals surface area contributed by atoms with E-state index in [1.54, 1.807) is 6.20 Å². The fraction of sp³-hybridized carbons (Fsp3) is 0.522. The molecule has 62 heavy (non-hydrogen) atoms. The maximum absolute atomic E-state index is 14.3. The minimum Gasteiger partial charge on any atom is -0.465 e. The first-order valence-electron chi connectivity index (χ1n) is 21.9. The fourth-order valence-corrected chi connectivity index (χ4v) is 10.7. The van der Waals surface area contributed by atoms with Crippen LogP contribution in [0.3, 0.4) is 0 Å². The van der Waals surface area contributed by atoms with Gasteiger partial charge in [0.2, 0.25) is 11.8 Å². The van der Waals surface area contributed by atoms with E-state index < -0.39 is 24.3 Å². The maximum Gasteiger partial charge on any atom is 0.407 e. The van der Waals surface area contributed by atoms with Crippen LogP contribution < -0.4 is 5.32 Å². The number of methoxy groups -OCH3 is 1. The van der Waals surface area contributed by atoms with Crippen LogP contribution in [0, 0.1) is 35.5 Å². The van der Waals surface area contributed by atoms with Gasteiger partial charge in [0.25, 0.3) is 0 Å². The number of ether oxygens (including phenoxy) is 3. The van der Waals surface area contributed by atoms with Crippen LogP contribution >= 0.6 is 0 Å². The van der Waals surface area contributed by atoms with Crippen LogP contribution in [-0.2, 0) is 23.8 Å². The molecule has 0 radical (unpaired) electrons. The number of hydrogen-bond donors (Lipinski definition) is 4. The quantitative estimate of drug-likeness (QED) is 0.162. The van der Waals surface area contributed by atoms with Crippen molar-refractivity contribution in [2.75, 3.05) is 40.6 Å². The highest BCUT2D eigenvalue weighted by Crippen LogP contribution is 2.55. The molecule has 0 bridgehead atoms. The zero-order chi connectivity index (χ0) is 42.6. The molecule has 4 saturated heterocycles. The van der Waals surface area contributed by atoms with Gasteiger partial charge in [0.1, 0.15) is 29.4 Å². The molecule has 16 nitrogen and oxygen atoms in total. The van der Waals surface area contributed by atoms with E-state index >= 15 is 0 Å². The van der Waals surface area contributed by atoms with Gasteiger partial charge in [0, 0.05) is 56.7 Å². The predicted molar refractivity (Wildman–Crippen MR) is 224 cm³/mol. The zero-order valence-corrected chi connectivity index (χ0v) is 34.9. The third-order valence-corrected chi connectivity index (χ3v) is 14.2. The number of imidazole rings is 2. The van der Waals surface area contributed by atoms with Gasteiger partial charge in [-0.2, -0.15) is 0 Å². The van der Waals surface area contributed by atoms with E-state index in [1.165, 1.54) is 19.1 Å². The molecule has 4 aliphatic heterocycles. The molecular weight excluding hydrogens is 793 g/mol. The van der Waals surface area contributed by atoms with Crippen molar-refractivity contribution in [2.45, 2.75) is 87.6 Å². The van der Waals surface area contributed by atoms with Gasteiger partial charge in [-0.1, -0.05) is 24.1 Å². The number of aromatic amines is 2. The SMILES string of the molecule is COC(=O)N[C@H](C(=O)N1[C@@H]2C[C@@H]2C[C@H]1c1ncc(C#Cc2ccc3cc(-c4cnc([C@@H]5C[C@H]6C[C@H]6N5C(=O)[C@H](C5CCOCC5)N(C)C(=O)O)[nH]4)ccc3c2)[nH]1)C1CCOCC1. The molecule has 2 saturated carbocycles. The topological polar surface area (TPSA) is 195 Å². The molecule has 0 spiro atoms. The minimum absolute atomic E-state index is 0.0339. The van der Waals surface area contributed by atoms with Crippen molar-refractivity contribution in [3.8, 4) is 23.1 Å². The number of carbonyl (C=O) groups is 4. The Morgan fingerprint density at radius 2 is 1.42 bits per heavy atom. The molecule has 324 valence electrons. The number of amides is 4. The Balaban J connectivity index is 0.824. The summed E-state index contributed by atoms with van der Waals surface area (Å²) in [7, 11) is 2.81. The number of carboxylic acid groups (broad SMARTS) is 1. The Kier molecular flexibility index (Phi) is 10.6. The van der Waals surface area contributed by atoms with Crippen LogP contribution in [0.5, 0.6) is 0 Å². The number of H-pyrrole nitrogens is 2. The highest BCUT2D eigenvalue weighted by molar-refractivity contribution is 5.89. The van der Waals surface area contributed by atoms with Gasteiger partial charge in [0.05, 0.1) is 37.3 Å². The lowest BCUT2D eigenvalue weighted by atomic mass is 9.89. The summed E-state index contributed by atoms with van der Waals surface area (Å²) in [6.45, 7) is 2.16. The van der Waals surface area contributed by atoms with Gasteiger partial charge in [0.15, 0.2) is 0 Å².